The van der Waals surface area contributed by atoms with Crippen molar-refractivity contribution in [3.05, 3.63) is 47.0 Å². The number of nitrogens with zero attached hydrogens (tertiary/aromatic N) is 2. The quantitative estimate of drug-likeness (QED) is 0.835. The van der Waals surface area contributed by atoms with Gasteiger partial charge in [-0.1, -0.05) is 12.1 Å². The molecule has 2 heterocycles. The van der Waals surface area contributed by atoms with Crippen LogP contribution in [0.25, 0.3) is 0 Å². The molecule has 1 aliphatic rings. The van der Waals surface area contributed by atoms with Crippen LogP contribution in [-0.4, -0.2) is 14.7 Å². The fourth-order valence-corrected chi connectivity index (χ4v) is 2.09. The van der Waals surface area contributed by atoms with Gasteiger partial charge in [0.2, 0.25) is 0 Å². The summed E-state index contributed by atoms with van der Waals surface area (Å²) in [5.74, 6) is 1.66. The lowest BCUT2D eigenvalue weighted by molar-refractivity contribution is -0.194. The lowest BCUT2D eigenvalue weighted by Crippen LogP contribution is -2.06. The van der Waals surface area contributed by atoms with Crippen LogP contribution in [0.3, 0.4) is 0 Å². The van der Waals surface area contributed by atoms with Crippen molar-refractivity contribution in [2.45, 2.75) is 26.7 Å². The summed E-state index contributed by atoms with van der Waals surface area (Å²) in [6.07, 6.45) is 1.70. The molecular weight excluding hydrogens is 232 g/mol. The summed E-state index contributed by atoms with van der Waals surface area (Å²) in [6, 6.07) is 6.00. The van der Waals surface area contributed by atoms with Crippen LogP contribution in [0.4, 0.5) is 0 Å². The first-order chi connectivity index (χ1) is 8.78. The number of hydrogen-bond acceptors (Lipinski definition) is 4. The van der Waals surface area contributed by atoms with E-state index in [1.54, 1.807) is 6.20 Å². The van der Waals surface area contributed by atoms with E-state index in [0.29, 0.717) is 13.2 Å². The number of aliphatic hydroxyl groups excluding tert-OH is 1. The summed E-state index contributed by atoms with van der Waals surface area (Å²) in [7, 11) is 0. The number of aromatic nitrogens is 2. The van der Waals surface area contributed by atoms with E-state index in [1.165, 1.54) is 0 Å². The van der Waals surface area contributed by atoms with Crippen molar-refractivity contribution >= 4 is 0 Å². The zero-order chi connectivity index (χ0) is 12.5. The molecule has 0 radical (unpaired) electrons. The number of fused-ring (bicyclic) bond motifs is 1. The van der Waals surface area contributed by atoms with E-state index in [-0.39, 0.29) is 6.61 Å². The number of rotatable bonds is 3. The lowest BCUT2D eigenvalue weighted by atomic mass is 10.1. The third kappa shape index (κ3) is 1.87. The molecule has 1 aromatic carbocycles. The Hall–Kier alpha value is -1.85. The largest absolute Gasteiger partial charge is 0.390 e. The fraction of sp³-hybridized carbons (Fsp3) is 0.308. The number of aliphatic hydroxyl groups is 1. The minimum atomic E-state index is -0.00854. The van der Waals surface area contributed by atoms with Crippen molar-refractivity contribution in [2.75, 3.05) is 0 Å². The molecule has 0 aliphatic carbocycles. The minimum absolute atomic E-state index is 0.00854. The van der Waals surface area contributed by atoms with E-state index in [4.69, 9.17) is 9.78 Å². The Morgan fingerprint density at radius 3 is 3.17 bits per heavy atom. The van der Waals surface area contributed by atoms with Crippen molar-refractivity contribution in [1.29, 1.82) is 0 Å². The highest BCUT2D eigenvalue weighted by Gasteiger charge is 2.14. The van der Waals surface area contributed by atoms with Gasteiger partial charge in [0.25, 0.3) is 0 Å². The van der Waals surface area contributed by atoms with Gasteiger partial charge < -0.3 is 14.6 Å². The number of benzene rings is 1. The fourth-order valence-electron chi connectivity index (χ4n) is 2.09. The molecule has 0 amide bonds. The van der Waals surface area contributed by atoms with Crippen LogP contribution >= 0.6 is 0 Å². The molecule has 1 aliphatic heterocycles. The molecule has 18 heavy (non-hydrogen) atoms. The van der Waals surface area contributed by atoms with Gasteiger partial charge in [-0.05, 0) is 18.6 Å². The van der Waals surface area contributed by atoms with Crippen molar-refractivity contribution in [1.82, 2.24) is 9.55 Å². The Labute approximate surface area is 105 Å². The SMILES string of the molecule is Cc1ncc(CO)n1Cc1ccc2c(c1)OOC2. The molecule has 0 saturated heterocycles. The van der Waals surface area contributed by atoms with Crippen molar-refractivity contribution in [3.63, 3.8) is 0 Å². The maximum atomic E-state index is 9.26. The van der Waals surface area contributed by atoms with Gasteiger partial charge in [-0.15, -0.1) is 0 Å². The summed E-state index contributed by atoms with van der Waals surface area (Å²) in [6.45, 7) is 3.08. The zero-order valence-electron chi connectivity index (χ0n) is 10.1. The number of imidazole rings is 1. The van der Waals surface area contributed by atoms with E-state index < -0.39 is 0 Å². The van der Waals surface area contributed by atoms with Crippen LogP contribution in [0.15, 0.2) is 24.4 Å². The van der Waals surface area contributed by atoms with E-state index in [1.807, 2.05) is 29.7 Å². The van der Waals surface area contributed by atoms with Crippen LogP contribution in [0.5, 0.6) is 5.75 Å². The van der Waals surface area contributed by atoms with E-state index in [2.05, 4.69) is 4.98 Å². The molecule has 0 fully saturated rings. The molecule has 1 N–H and O–H groups in total. The average molecular weight is 246 g/mol. The second-order valence-electron chi connectivity index (χ2n) is 4.33. The monoisotopic (exact) mass is 246 g/mol. The molecule has 5 heteroatoms. The Kier molecular flexibility index (Phi) is 2.77. The molecule has 0 unspecified atom stereocenters. The molecule has 2 aromatic rings. The topological polar surface area (TPSA) is 56.5 Å². The van der Waals surface area contributed by atoms with Gasteiger partial charge in [-0.3, -0.25) is 0 Å². The summed E-state index contributed by atoms with van der Waals surface area (Å²) >= 11 is 0. The van der Waals surface area contributed by atoms with Gasteiger partial charge in [0, 0.05) is 12.1 Å². The molecule has 0 bridgehead atoms. The molecule has 5 nitrogen and oxygen atoms in total. The van der Waals surface area contributed by atoms with Gasteiger partial charge >= 0.3 is 0 Å². The Morgan fingerprint density at radius 2 is 2.33 bits per heavy atom. The predicted octanol–water partition coefficient (Wildman–Crippen LogP) is 1.56. The average Bonchev–Trinajstić information content (AvgIpc) is 2.97. The van der Waals surface area contributed by atoms with Crippen LogP contribution in [0.2, 0.25) is 0 Å². The zero-order valence-corrected chi connectivity index (χ0v) is 10.1. The third-order valence-electron chi connectivity index (χ3n) is 3.14. The van der Waals surface area contributed by atoms with Gasteiger partial charge in [0.15, 0.2) is 5.75 Å². The smallest absolute Gasteiger partial charge is 0.171 e. The summed E-state index contributed by atoms with van der Waals surface area (Å²) in [5.41, 5.74) is 2.96. The maximum absolute atomic E-state index is 9.26. The first-order valence-electron chi connectivity index (χ1n) is 5.81. The van der Waals surface area contributed by atoms with Gasteiger partial charge in [0.1, 0.15) is 12.4 Å². The van der Waals surface area contributed by atoms with Crippen LogP contribution in [0, 0.1) is 6.92 Å². The Balaban J connectivity index is 1.90. The molecule has 3 rings (SSSR count). The Morgan fingerprint density at radius 1 is 1.44 bits per heavy atom. The van der Waals surface area contributed by atoms with Gasteiger partial charge in [0.05, 0.1) is 18.5 Å². The summed E-state index contributed by atoms with van der Waals surface area (Å²) < 4.78 is 1.98. The summed E-state index contributed by atoms with van der Waals surface area (Å²) in [4.78, 5) is 14.2. The highest BCUT2D eigenvalue weighted by molar-refractivity contribution is 5.38. The van der Waals surface area contributed by atoms with E-state index in [9.17, 15) is 5.11 Å². The lowest BCUT2D eigenvalue weighted by Gasteiger charge is -2.09. The minimum Gasteiger partial charge on any atom is -0.390 e. The number of aryl methyl sites for hydroxylation is 1. The Bertz CT molecular complexity index is 578. The predicted molar refractivity (Wildman–Crippen MR) is 63.8 cm³/mol. The first kappa shape index (κ1) is 11.3. The van der Waals surface area contributed by atoms with Crippen LogP contribution in [-0.2, 0) is 24.6 Å². The van der Waals surface area contributed by atoms with E-state index >= 15 is 0 Å². The van der Waals surface area contributed by atoms with Crippen molar-refractivity contribution in [2.24, 2.45) is 0 Å². The maximum Gasteiger partial charge on any atom is 0.171 e. The molecule has 94 valence electrons. The number of hydrogen-bond donors (Lipinski definition) is 1. The standard InChI is InChI=1S/C13H14N2O3/c1-9-14-5-12(7-16)15(9)6-10-2-3-11-8-17-18-13(11)4-10/h2-5,16H,6-8H2,1H3. The molecule has 0 spiro atoms. The molecule has 1 aromatic heterocycles. The second kappa shape index (κ2) is 4.44. The van der Waals surface area contributed by atoms with Crippen molar-refractivity contribution < 1.29 is 14.9 Å². The molecule has 0 atom stereocenters. The highest BCUT2D eigenvalue weighted by Crippen LogP contribution is 2.27. The van der Waals surface area contributed by atoms with Gasteiger partial charge in [-0.25, -0.2) is 4.98 Å². The summed E-state index contributed by atoms with van der Waals surface area (Å²) in [5, 5.41) is 9.26. The van der Waals surface area contributed by atoms with Crippen LogP contribution < -0.4 is 4.89 Å². The van der Waals surface area contributed by atoms with Gasteiger partial charge in [-0.2, -0.15) is 4.89 Å². The molecular formula is C13H14N2O3. The first-order valence-corrected chi connectivity index (χ1v) is 5.81. The van der Waals surface area contributed by atoms with Crippen molar-refractivity contribution in [3.8, 4) is 5.75 Å². The third-order valence-corrected chi connectivity index (χ3v) is 3.14. The normalized spacial score (nSPS) is 13.4. The van der Waals surface area contributed by atoms with Crippen LogP contribution in [0.1, 0.15) is 22.6 Å². The van der Waals surface area contributed by atoms with E-state index in [0.717, 1.165) is 28.4 Å². The molecule has 0 saturated carbocycles. The highest BCUT2D eigenvalue weighted by atomic mass is 17.2. The second-order valence-corrected chi connectivity index (χ2v) is 4.33.